The molecular formula is C24H25ClN2O6S. The molecular weight excluding hydrogens is 480 g/mol. The Morgan fingerprint density at radius 3 is 2.44 bits per heavy atom. The van der Waals surface area contributed by atoms with Crippen LogP contribution in [0.1, 0.15) is 43.3 Å². The highest BCUT2D eigenvalue weighted by Gasteiger charge is 2.26. The molecule has 2 amide bonds. The Morgan fingerprint density at radius 1 is 1.15 bits per heavy atom. The maximum Gasteiger partial charge on any atom is 0.339 e. The van der Waals surface area contributed by atoms with Crippen LogP contribution in [0.25, 0.3) is 0 Å². The first-order valence-electron chi connectivity index (χ1n) is 10.6. The van der Waals surface area contributed by atoms with Crippen LogP contribution in [0.5, 0.6) is 5.75 Å². The number of furan rings is 1. The Hall–Kier alpha value is -3.30. The number of anilines is 1. The molecule has 34 heavy (non-hydrogen) atoms. The van der Waals surface area contributed by atoms with E-state index in [1.54, 1.807) is 23.1 Å². The highest BCUT2D eigenvalue weighted by molar-refractivity contribution is 7.87. The van der Waals surface area contributed by atoms with Crippen LogP contribution in [0.4, 0.5) is 5.69 Å². The van der Waals surface area contributed by atoms with Crippen LogP contribution in [-0.2, 0) is 21.5 Å². The topological polar surface area (TPSA) is 106 Å². The summed E-state index contributed by atoms with van der Waals surface area (Å²) in [5.41, 5.74) is 0.880. The van der Waals surface area contributed by atoms with Gasteiger partial charge >= 0.3 is 10.1 Å². The second-order valence-electron chi connectivity index (χ2n) is 7.66. The van der Waals surface area contributed by atoms with E-state index in [1.165, 1.54) is 49.6 Å². The van der Waals surface area contributed by atoms with Crippen LogP contribution in [0.15, 0.2) is 70.2 Å². The largest absolute Gasteiger partial charge is 0.459 e. The molecule has 10 heteroatoms. The summed E-state index contributed by atoms with van der Waals surface area (Å²) in [5, 5.41) is 2.94. The number of nitrogens with one attached hydrogen (secondary N) is 1. The number of amides is 2. The lowest BCUT2D eigenvalue weighted by Crippen LogP contribution is -2.37. The Morgan fingerprint density at radius 2 is 1.85 bits per heavy atom. The normalized spacial score (nSPS) is 12.1. The summed E-state index contributed by atoms with van der Waals surface area (Å²) in [5.74, 6) is -0.373. The van der Waals surface area contributed by atoms with Gasteiger partial charge in [-0.1, -0.05) is 18.5 Å². The number of halogens is 1. The summed E-state index contributed by atoms with van der Waals surface area (Å²) in [6.07, 6.45) is 2.09. The van der Waals surface area contributed by atoms with Crippen LogP contribution >= 0.6 is 11.6 Å². The third kappa shape index (κ3) is 6.18. The number of nitrogens with zero attached hydrogens (tertiary/aromatic N) is 1. The van der Waals surface area contributed by atoms with Crippen molar-refractivity contribution in [2.24, 2.45) is 0 Å². The average molecular weight is 505 g/mol. The fraction of sp³-hybridized carbons (Fsp3) is 0.250. The SMILES string of the molecule is CC[C@@H](C)N(Cc1cc(Cl)ccc1OS(=O)(=O)c1ccc(NC(C)=O)cc1)C(=O)c1ccco1. The number of carbonyl (C=O) groups excluding carboxylic acids is 2. The van der Waals surface area contributed by atoms with Gasteiger partial charge in [0, 0.05) is 29.2 Å². The molecule has 8 nitrogen and oxygen atoms in total. The molecule has 0 radical (unpaired) electrons. The monoisotopic (exact) mass is 504 g/mol. The molecule has 0 fully saturated rings. The zero-order valence-corrected chi connectivity index (χ0v) is 20.5. The summed E-state index contributed by atoms with van der Waals surface area (Å²) in [6, 6.07) is 13.2. The molecule has 1 heterocycles. The molecule has 2 aromatic carbocycles. The number of hydrogen-bond acceptors (Lipinski definition) is 6. The molecule has 1 atom stereocenters. The second kappa shape index (κ2) is 10.8. The van der Waals surface area contributed by atoms with E-state index in [9.17, 15) is 18.0 Å². The third-order valence-corrected chi connectivity index (χ3v) is 6.63. The predicted molar refractivity (Wildman–Crippen MR) is 128 cm³/mol. The van der Waals surface area contributed by atoms with Gasteiger partial charge in [0.1, 0.15) is 10.6 Å². The van der Waals surface area contributed by atoms with E-state index >= 15 is 0 Å². The van der Waals surface area contributed by atoms with Gasteiger partial charge in [-0.15, -0.1) is 0 Å². The van der Waals surface area contributed by atoms with Crippen molar-refractivity contribution >= 4 is 39.2 Å². The van der Waals surface area contributed by atoms with Gasteiger partial charge in [-0.05, 0) is 67.9 Å². The average Bonchev–Trinajstić information content (AvgIpc) is 3.33. The summed E-state index contributed by atoms with van der Waals surface area (Å²) in [6.45, 7) is 5.24. The maximum atomic E-state index is 13.0. The minimum Gasteiger partial charge on any atom is -0.459 e. The first-order chi connectivity index (χ1) is 16.1. The van der Waals surface area contributed by atoms with Gasteiger partial charge in [0.05, 0.1) is 12.8 Å². The van der Waals surface area contributed by atoms with Crippen molar-refractivity contribution in [1.29, 1.82) is 0 Å². The molecule has 0 spiro atoms. The van der Waals surface area contributed by atoms with Crippen molar-refractivity contribution in [2.45, 2.75) is 44.7 Å². The van der Waals surface area contributed by atoms with Gasteiger partial charge in [-0.2, -0.15) is 8.42 Å². The quantitative estimate of drug-likeness (QED) is 0.406. The molecule has 0 aliphatic rings. The van der Waals surface area contributed by atoms with Crippen LogP contribution in [-0.4, -0.2) is 31.2 Å². The lowest BCUT2D eigenvalue weighted by Gasteiger charge is -2.28. The number of carbonyl (C=O) groups is 2. The van der Waals surface area contributed by atoms with Gasteiger partial charge in [0.15, 0.2) is 5.76 Å². The van der Waals surface area contributed by atoms with Crippen molar-refractivity contribution in [3.63, 3.8) is 0 Å². The van der Waals surface area contributed by atoms with Crippen molar-refractivity contribution in [1.82, 2.24) is 4.90 Å². The van der Waals surface area contributed by atoms with E-state index in [2.05, 4.69) is 5.32 Å². The molecule has 0 aliphatic carbocycles. The summed E-state index contributed by atoms with van der Waals surface area (Å²) >= 11 is 6.18. The molecule has 1 N–H and O–H groups in total. The molecule has 3 aromatic rings. The minimum absolute atomic E-state index is 0.0517. The van der Waals surface area contributed by atoms with Crippen LogP contribution in [0, 0.1) is 0 Å². The fourth-order valence-corrected chi connectivity index (χ4v) is 4.36. The van der Waals surface area contributed by atoms with Crippen LogP contribution in [0.2, 0.25) is 5.02 Å². The summed E-state index contributed by atoms with van der Waals surface area (Å²) < 4.78 is 36.6. The van der Waals surface area contributed by atoms with Gasteiger partial charge in [0.2, 0.25) is 5.91 Å². The maximum absolute atomic E-state index is 13.0. The Bertz CT molecular complexity index is 1260. The van der Waals surface area contributed by atoms with Crippen molar-refractivity contribution in [3.05, 3.63) is 77.2 Å². The standard InChI is InChI=1S/C24H25ClN2O6S/c1-4-16(2)27(24(29)23-6-5-13-32-23)15-18-14-19(25)7-12-22(18)33-34(30,31)21-10-8-20(9-11-21)26-17(3)28/h5-14,16H,4,15H2,1-3H3,(H,26,28)/t16-/m1/s1. The van der Waals surface area contributed by atoms with Crippen LogP contribution < -0.4 is 9.50 Å². The summed E-state index contributed by atoms with van der Waals surface area (Å²) in [4.78, 5) is 25.7. The van der Waals surface area contributed by atoms with Gasteiger partial charge in [-0.3, -0.25) is 9.59 Å². The number of rotatable bonds is 9. The third-order valence-electron chi connectivity index (χ3n) is 5.14. The highest BCUT2D eigenvalue weighted by Crippen LogP contribution is 2.29. The van der Waals surface area contributed by atoms with E-state index in [4.69, 9.17) is 20.2 Å². The van der Waals surface area contributed by atoms with Crippen molar-refractivity contribution in [2.75, 3.05) is 5.32 Å². The van der Waals surface area contributed by atoms with E-state index in [-0.39, 0.29) is 40.8 Å². The van der Waals surface area contributed by atoms with E-state index in [0.717, 1.165) is 0 Å². The molecule has 0 unspecified atom stereocenters. The molecule has 3 rings (SSSR count). The lowest BCUT2D eigenvalue weighted by atomic mass is 10.1. The van der Waals surface area contributed by atoms with Crippen LogP contribution in [0.3, 0.4) is 0 Å². The predicted octanol–water partition coefficient (Wildman–Crippen LogP) is 5.10. The van der Waals surface area contributed by atoms with Gasteiger partial charge in [0.25, 0.3) is 5.91 Å². The molecule has 180 valence electrons. The zero-order chi connectivity index (χ0) is 24.9. The molecule has 1 aromatic heterocycles. The lowest BCUT2D eigenvalue weighted by molar-refractivity contribution is -0.114. The fourth-order valence-electron chi connectivity index (χ4n) is 3.20. The summed E-state index contributed by atoms with van der Waals surface area (Å²) in [7, 11) is -4.20. The van der Waals surface area contributed by atoms with Gasteiger partial charge < -0.3 is 18.8 Å². The number of hydrogen-bond donors (Lipinski definition) is 1. The van der Waals surface area contributed by atoms with E-state index in [1.807, 2.05) is 13.8 Å². The zero-order valence-electron chi connectivity index (χ0n) is 18.9. The van der Waals surface area contributed by atoms with Crippen molar-refractivity contribution < 1.29 is 26.6 Å². The Balaban J connectivity index is 1.90. The van der Waals surface area contributed by atoms with Gasteiger partial charge in [-0.25, -0.2) is 0 Å². The van der Waals surface area contributed by atoms with Crippen molar-refractivity contribution in [3.8, 4) is 5.75 Å². The molecule has 0 bridgehead atoms. The first kappa shape index (κ1) is 25.3. The second-order valence-corrected chi connectivity index (χ2v) is 9.65. The van der Waals surface area contributed by atoms with E-state index < -0.39 is 10.1 Å². The molecule has 0 saturated heterocycles. The first-order valence-corrected chi connectivity index (χ1v) is 12.3. The molecule has 0 saturated carbocycles. The minimum atomic E-state index is -4.20. The van der Waals surface area contributed by atoms with E-state index in [0.29, 0.717) is 22.7 Å². The smallest absolute Gasteiger partial charge is 0.339 e. The Labute approximate surface area is 203 Å². The number of benzene rings is 2. The Kier molecular flexibility index (Phi) is 8.01. The molecule has 0 aliphatic heterocycles. The highest BCUT2D eigenvalue weighted by atomic mass is 35.5.